The fourth-order valence-corrected chi connectivity index (χ4v) is 2.66. The van der Waals surface area contributed by atoms with E-state index in [2.05, 4.69) is 9.88 Å². The number of likely N-dealkylation sites (tertiary alicyclic amines) is 1. The van der Waals surface area contributed by atoms with Gasteiger partial charge in [-0.2, -0.15) is 0 Å². The molecule has 0 radical (unpaired) electrons. The first kappa shape index (κ1) is 13.1. The summed E-state index contributed by atoms with van der Waals surface area (Å²) in [4.78, 5) is 17.4. The van der Waals surface area contributed by atoms with Crippen LogP contribution in [0.25, 0.3) is 0 Å². The van der Waals surface area contributed by atoms with Gasteiger partial charge in [0.2, 0.25) is 0 Å². The SMILES string of the molecule is Cn1ccnc1CCN1CCCC(CC(=O)O)C1. The first-order valence-electron chi connectivity index (χ1n) is 6.55. The zero-order valence-corrected chi connectivity index (χ0v) is 10.9. The summed E-state index contributed by atoms with van der Waals surface area (Å²) >= 11 is 0. The summed E-state index contributed by atoms with van der Waals surface area (Å²) in [6, 6.07) is 0. The maximum atomic E-state index is 10.7. The number of carboxylic acids is 1. The summed E-state index contributed by atoms with van der Waals surface area (Å²) in [6.07, 6.45) is 7.17. The highest BCUT2D eigenvalue weighted by molar-refractivity contribution is 5.67. The molecular formula is C13H21N3O2. The molecule has 0 bridgehead atoms. The van der Waals surface area contributed by atoms with Crippen molar-refractivity contribution >= 4 is 5.97 Å². The van der Waals surface area contributed by atoms with Gasteiger partial charge in [0.25, 0.3) is 0 Å². The highest BCUT2D eigenvalue weighted by Crippen LogP contribution is 2.19. The van der Waals surface area contributed by atoms with E-state index in [1.54, 1.807) is 0 Å². The molecule has 5 nitrogen and oxygen atoms in total. The van der Waals surface area contributed by atoms with E-state index in [1.165, 1.54) is 0 Å². The Balaban J connectivity index is 1.79. The Hall–Kier alpha value is -1.36. The summed E-state index contributed by atoms with van der Waals surface area (Å²) in [5.41, 5.74) is 0. The molecule has 1 N–H and O–H groups in total. The first-order chi connectivity index (χ1) is 8.65. The Labute approximate surface area is 107 Å². The van der Waals surface area contributed by atoms with E-state index in [-0.39, 0.29) is 0 Å². The molecule has 100 valence electrons. The van der Waals surface area contributed by atoms with Gasteiger partial charge in [0.05, 0.1) is 0 Å². The molecule has 1 saturated heterocycles. The van der Waals surface area contributed by atoms with E-state index in [4.69, 9.17) is 5.11 Å². The van der Waals surface area contributed by atoms with Crippen molar-refractivity contribution in [2.24, 2.45) is 13.0 Å². The van der Waals surface area contributed by atoms with Crippen LogP contribution in [0.4, 0.5) is 0 Å². The van der Waals surface area contributed by atoms with Crippen molar-refractivity contribution in [3.8, 4) is 0 Å². The number of carbonyl (C=O) groups is 1. The Morgan fingerprint density at radius 3 is 3.11 bits per heavy atom. The maximum absolute atomic E-state index is 10.7. The summed E-state index contributed by atoms with van der Waals surface area (Å²) in [5.74, 6) is 0.735. The van der Waals surface area contributed by atoms with Crippen molar-refractivity contribution in [2.75, 3.05) is 19.6 Å². The lowest BCUT2D eigenvalue weighted by Gasteiger charge is -2.31. The van der Waals surface area contributed by atoms with Gasteiger partial charge in [-0.1, -0.05) is 0 Å². The molecule has 5 heteroatoms. The lowest BCUT2D eigenvalue weighted by molar-refractivity contribution is -0.138. The van der Waals surface area contributed by atoms with Gasteiger partial charge in [-0.05, 0) is 25.3 Å². The minimum atomic E-state index is -0.675. The molecule has 1 aromatic rings. The molecule has 1 unspecified atom stereocenters. The van der Waals surface area contributed by atoms with Gasteiger partial charge >= 0.3 is 5.97 Å². The average molecular weight is 251 g/mol. The van der Waals surface area contributed by atoms with Gasteiger partial charge in [0.1, 0.15) is 5.82 Å². The second kappa shape index (κ2) is 6.00. The van der Waals surface area contributed by atoms with Crippen molar-refractivity contribution in [1.82, 2.24) is 14.5 Å². The molecule has 0 saturated carbocycles. The fourth-order valence-electron chi connectivity index (χ4n) is 2.66. The van der Waals surface area contributed by atoms with Crippen LogP contribution in [0.3, 0.4) is 0 Å². The van der Waals surface area contributed by atoms with Crippen LogP contribution in [0.5, 0.6) is 0 Å². The highest BCUT2D eigenvalue weighted by atomic mass is 16.4. The van der Waals surface area contributed by atoms with E-state index < -0.39 is 5.97 Å². The van der Waals surface area contributed by atoms with Gasteiger partial charge in [-0.25, -0.2) is 4.98 Å². The monoisotopic (exact) mass is 251 g/mol. The van der Waals surface area contributed by atoms with Crippen LogP contribution in [0.1, 0.15) is 25.1 Å². The number of nitrogens with zero attached hydrogens (tertiary/aromatic N) is 3. The number of aryl methyl sites for hydroxylation is 1. The molecule has 1 atom stereocenters. The second-order valence-corrected chi connectivity index (χ2v) is 5.11. The minimum absolute atomic E-state index is 0.304. The highest BCUT2D eigenvalue weighted by Gasteiger charge is 2.21. The number of piperidine rings is 1. The van der Waals surface area contributed by atoms with Crippen molar-refractivity contribution in [3.05, 3.63) is 18.2 Å². The average Bonchev–Trinajstić information content (AvgIpc) is 2.72. The molecule has 2 heterocycles. The summed E-state index contributed by atoms with van der Waals surface area (Å²) in [6.45, 7) is 2.97. The van der Waals surface area contributed by atoms with E-state index in [0.29, 0.717) is 12.3 Å². The number of imidazole rings is 1. The van der Waals surface area contributed by atoms with E-state index in [1.807, 2.05) is 24.0 Å². The van der Waals surface area contributed by atoms with Crippen LogP contribution in [0.2, 0.25) is 0 Å². The van der Waals surface area contributed by atoms with Crippen LogP contribution in [-0.4, -0.2) is 45.2 Å². The van der Waals surface area contributed by atoms with E-state index in [0.717, 1.165) is 44.7 Å². The van der Waals surface area contributed by atoms with Crippen LogP contribution >= 0.6 is 0 Å². The molecule has 1 fully saturated rings. The third kappa shape index (κ3) is 3.57. The molecule has 0 amide bonds. The third-order valence-corrected chi connectivity index (χ3v) is 3.64. The quantitative estimate of drug-likeness (QED) is 0.853. The van der Waals surface area contributed by atoms with Crippen molar-refractivity contribution in [3.63, 3.8) is 0 Å². The Morgan fingerprint density at radius 2 is 2.44 bits per heavy atom. The largest absolute Gasteiger partial charge is 0.481 e. The Morgan fingerprint density at radius 1 is 1.61 bits per heavy atom. The van der Waals surface area contributed by atoms with Gasteiger partial charge < -0.3 is 14.6 Å². The summed E-state index contributed by atoms with van der Waals surface area (Å²) < 4.78 is 2.04. The third-order valence-electron chi connectivity index (χ3n) is 3.64. The van der Waals surface area contributed by atoms with Gasteiger partial charge in [0, 0.05) is 45.4 Å². The zero-order valence-electron chi connectivity index (χ0n) is 10.9. The second-order valence-electron chi connectivity index (χ2n) is 5.11. The van der Waals surface area contributed by atoms with Gasteiger partial charge in [0.15, 0.2) is 0 Å². The lowest BCUT2D eigenvalue weighted by atomic mass is 9.95. The Bertz CT molecular complexity index is 403. The van der Waals surface area contributed by atoms with Crippen LogP contribution in [-0.2, 0) is 18.3 Å². The number of rotatable bonds is 5. The van der Waals surface area contributed by atoms with Gasteiger partial charge in [-0.3, -0.25) is 4.79 Å². The predicted molar refractivity (Wildman–Crippen MR) is 68.3 cm³/mol. The number of hydrogen-bond acceptors (Lipinski definition) is 3. The topological polar surface area (TPSA) is 58.4 Å². The molecule has 0 spiro atoms. The normalized spacial score (nSPS) is 21.1. The van der Waals surface area contributed by atoms with Crippen molar-refractivity contribution in [2.45, 2.75) is 25.7 Å². The van der Waals surface area contributed by atoms with Crippen LogP contribution in [0, 0.1) is 5.92 Å². The molecular weight excluding hydrogens is 230 g/mol. The lowest BCUT2D eigenvalue weighted by Crippen LogP contribution is -2.37. The van der Waals surface area contributed by atoms with Crippen molar-refractivity contribution in [1.29, 1.82) is 0 Å². The molecule has 18 heavy (non-hydrogen) atoms. The Kier molecular flexibility index (Phi) is 4.36. The van der Waals surface area contributed by atoms with E-state index >= 15 is 0 Å². The predicted octanol–water partition coefficient (Wildman–Crippen LogP) is 1.15. The molecule has 2 rings (SSSR count). The van der Waals surface area contributed by atoms with Crippen LogP contribution in [0.15, 0.2) is 12.4 Å². The number of aliphatic carboxylic acids is 1. The first-order valence-corrected chi connectivity index (χ1v) is 6.55. The fraction of sp³-hybridized carbons (Fsp3) is 0.692. The van der Waals surface area contributed by atoms with Crippen molar-refractivity contribution < 1.29 is 9.90 Å². The molecule has 1 aliphatic rings. The molecule has 1 aromatic heterocycles. The molecule has 1 aliphatic heterocycles. The summed E-state index contributed by atoms with van der Waals surface area (Å²) in [7, 11) is 2.01. The number of aromatic nitrogens is 2. The molecule has 0 aliphatic carbocycles. The summed E-state index contributed by atoms with van der Waals surface area (Å²) in [5, 5.41) is 8.84. The minimum Gasteiger partial charge on any atom is -0.481 e. The number of carboxylic acid groups (broad SMARTS) is 1. The molecule has 0 aromatic carbocycles. The van der Waals surface area contributed by atoms with Crippen LogP contribution < -0.4 is 0 Å². The van der Waals surface area contributed by atoms with E-state index in [9.17, 15) is 4.79 Å². The number of hydrogen-bond donors (Lipinski definition) is 1. The zero-order chi connectivity index (χ0) is 13.0. The van der Waals surface area contributed by atoms with Gasteiger partial charge in [-0.15, -0.1) is 0 Å². The maximum Gasteiger partial charge on any atom is 0.303 e. The smallest absolute Gasteiger partial charge is 0.303 e. The standard InChI is InChI=1S/C13H21N3O2/c1-15-8-5-14-12(15)4-7-16-6-2-3-11(10-16)9-13(17)18/h5,8,11H,2-4,6-7,9-10H2,1H3,(H,17,18).